The fourth-order valence-corrected chi connectivity index (χ4v) is 2.43. The topological polar surface area (TPSA) is 49.8 Å². The third-order valence-electron chi connectivity index (χ3n) is 2.53. The van der Waals surface area contributed by atoms with E-state index in [9.17, 15) is 0 Å². The number of rotatable bonds is 2. The van der Waals surface area contributed by atoms with Crippen molar-refractivity contribution in [3.8, 4) is 6.07 Å². The molecular weight excluding hydrogens is 232 g/mol. The Morgan fingerprint density at radius 2 is 2.06 bits per heavy atom. The van der Waals surface area contributed by atoms with Gasteiger partial charge in [0.2, 0.25) is 0 Å². The van der Waals surface area contributed by atoms with Crippen LogP contribution in [0.4, 0.5) is 0 Å². The van der Waals surface area contributed by atoms with Gasteiger partial charge in [-0.2, -0.15) is 5.26 Å². The van der Waals surface area contributed by atoms with E-state index in [-0.39, 0.29) is 0 Å². The average molecular weight is 244 g/mol. The second-order valence-electron chi connectivity index (χ2n) is 3.79. The number of nitrogens with zero attached hydrogens (tertiary/aromatic N) is 2. The van der Waals surface area contributed by atoms with Gasteiger partial charge in [-0.25, -0.2) is 4.98 Å². The summed E-state index contributed by atoms with van der Waals surface area (Å²) < 4.78 is 5.52. The van der Waals surface area contributed by atoms with Gasteiger partial charge in [0.15, 0.2) is 0 Å². The summed E-state index contributed by atoms with van der Waals surface area (Å²) in [4.78, 5) is 5.22. The molecule has 0 aliphatic carbocycles. The van der Waals surface area contributed by atoms with Gasteiger partial charge in [0.1, 0.15) is 11.8 Å². The van der Waals surface area contributed by atoms with Crippen LogP contribution in [0.3, 0.4) is 0 Å². The number of nitriles is 1. The van der Waals surface area contributed by atoms with E-state index in [4.69, 9.17) is 9.68 Å². The largest absolute Gasteiger partial charge is 0.436 e. The summed E-state index contributed by atoms with van der Waals surface area (Å²) in [5.41, 5.74) is 2.60. The third-order valence-corrected chi connectivity index (χ3v) is 3.63. The SMILES string of the molecule is Cc1cccc(C#N)c1Sc1nc(C)c(C)o1. The molecule has 0 aliphatic heterocycles. The Bertz CT molecular complexity index is 576. The first-order valence-electron chi connectivity index (χ1n) is 5.23. The van der Waals surface area contributed by atoms with Crippen LogP contribution in [0.2, 0.25) is 0 Å². The van der Waals surface area contributed by atoms with Crippen molar-refractivity contribution in [2.75, 3.05) is 0 Å². The van der Waals surface area contributed by atoms with Crippen molar-refractivity contribution in [2.24, 2.45) is 0 Å². The molecule has 1 aromatic heterocycles. The first-order valence-corrected chi connectivity index (χ1v) is 6.05. The normalized spacial score (nSPS) is 10.2. The summed E-state index contributed by atoms with van der Waals surface area (Å²) >= 11 is 1.40. The summed E-state index contributed by atoms with van der Waals surface area (Å²) in [6.07, 6.45) is 0. The number of aryl methyl sites for hydroxylation is 3. The lowest BCUT2D eigenvalue weighted by atomic mass is 10.1. The quantitative estimate of drug-likeness (QED) is 0.809. The lowest BCUT2D eigenvalue weighted by Gasteiger charge is -2.03. The fraction of sp³-hybridized carbons (Fsp3) is 0.231. The van der Waals surface area contributed by atoms with Crippen LogP contribution in [0.25, 0.3) is 0 Å². The van der Waals surface area contributed by atoms with Crippen LogP contribution in [-0.2, 0) is 0 Å². The number of oxazole rings is 1. The van der Waals surface area contributed by atoms with Crippen molar-refractivity contribution in [3.05, 3.63) is 40.8 Å². The van der Waals surface area contributed by atoms with Gasteiger partial charge >= 0.3 is 0 Å². The highest BCUT2D eigenvalue weighted by Gasteiger charge is 2.12. The van der Waals surface area contributed by atoms with Crippen LogP contribution in [-0.4, -0.2) is 4.98 Å². The molecule has 0 saturated carbocycles. The molecule has 3 nitrogen and oxygen atoms in total. The van der Waals surface area contributed by atoms with E-state index in [0.717, 1.165) is 21.9 Å². The van der Waals surface area contributed by atoms with Crippen molar-refractivity contribution in [3.63, 3.8) is 0 Å². The first-order chi connectivity index (χ1) is 8.11. The molecule has 1 aromatic carbocycles. The standard InChI is InChI=1S/C13H12N2OS/c1-8-5-4-6-11(7-14)12(8)17-13-15-9(2)10(3)16-13/h4-6H,1-3H3. The number of benzene rings is 1. The van der Waals surface area contributed by atoms with Crippen molar-refractivity contribution in [1.29, 1.82) is 5.26 Å². The predicted octanol–water partition coefficient (Wildman–Crippen LogP) is 3.62. The summed E-state index contributed by atoms with van der Waals surface area (Å²) in [6, 6.07) is 7.85. The highest BCUT2D eigenvalue weighted by Crippen LogP contribution is 2.33. The zero-order chi connectivity index (χ0) is 12.4. The highest BCUT2D eigenvalue weighted by molar-refractivity contribution is 7.99. The Hall–Kier alpha value is -1.73. The Balaban J connectivity index is 2.39. The maximum Gasteiger partial charge on any atom is 0.261 e. The molecule has 0 fully saturated rings. The van der Waals surface area contributed by atoms with Crippen LogP contribution >= 0.6 is 11.8 Å². The van der Waals surface area contributed by atoms with Crippen LogP contribution in [0.1, 0.15) is 22.6 Å². The molecule has 0 atom stereocenters. The summed E-state index contributed by atoms with van der Waals surface area (Å²) in [5.74, 6) is 0.819. The van der Waals surface area contributed by atoms with Gasteiger partial charge in [0.05, 0.1) is 11.3 Å². The zero-order valence-electron chi connectivity index (χ0n) is 9.94. The fourth-order valence-electron chi connectivity index (χ4n) is 1.45. The molecule has 0 amide bonds. The second-order valence-corrected chi connectivity index (χ2v) is 4.75. The van der Waals surface area contributed by atoms with E-state index in [1.807, 2.05) is 32.9 Å². The maximum atomic E-state index is 9.07. The molecular formula is C13H12N2OS. The summed E-state index contributed by atoms with van der Waals surface area (Å²) in [6.45, 7) is 5.77. The lowest BCUT2D eigenvalue weighted by Crippen LogP contribution is -1.85. The number of aromatic nitrogens is 1. The van der Waals surface area contributed by atoms with E-state index in [1.165, 1.54) is 11.8 Å². The van der Waals surface area contributed by atoms with E-state index in [1.54, 1.807) is 6.07 Å². The molecule has 0 spiro atoms. The molecule has 0 N–H and O–H groups in total. The molecule has 2 aromatic rings. The molecule has 0 aliphatic rings. The Kier molecular flexibility index (Phi) is 3.21. The van der Waals surface area contributed by atoms with Crippen molar-refractivity contribution in [2.45, 2.75) is 30.9 Å². The minimum atomic E-state index is 0.589. The lowest BCUT2D eigenvalue weighted by molar-refractivity contribution is 0.431. The Labute approximate surface area is 104 Å². The van der Waals surface area contributed by atoms with E-state index >= 15 is 0 Å². The van der Waals surface area contributed by atoms with Crippen molar-refractivity contribution in [1.82, 2.24) is 4.98 Å². The molecule has 2 rings (SSSR count). The van der Waals surface area contributed by atoms with Gasteiger partial charge in [-0.1, -0.05) is 12.1 Å². The highest BCUT2D eigenvalue weighted by atomic mass is 32.2. The van der Waals surface area contributed by atoms with Crippen LogP contribution in [0, 0.1) is 32.1 Å². The molecule has 1 heterocycles. The maximum absolute atomic E-state index is 9.07. The molecule has 0 radical (unpaired) electrons. The van der Waals surface area contributed by atoms with Gasteiger partial charge in [0.25, 0.3) is 5.22 Å². The van der Waals surface area contributed by atoms with Gasteiger partial charge in [0, 0.05) is 4.90 Å². The van der Waals surface area contributed by atoms with Gasteiger partial charge in [-0.3, -0.25) is 0 Å². The molecule has 17 heavy (non-hydrogen) atoms. The minimum Gasteiger partial charge on any atom is -0.436 e. The zero-order valence-corrected chi connectivity index (χ0v) is 10.8. The van der Waals surface area contributed by atoms with Crippen LogP contribution < -0.4 is 0 Å². The van der Waals surface area contributed by atoms with Gasteiger partial charge in [-0.05, 0) is 44.2 Å². The van der Waals surface area contributed by atoms with Gasteiger partial charge in [-0.15, -0.1) is 0 Å². The summed E-state index contributed by atoms with van der Waals surface area (Å²) in [7, 11) is 0. The number of hydrogen-bond acceptors (Lipinski definition) is 4. The second kappa shape index (κ2) is 4.64. The Morgan fingerprint density at radius 3 is 2.65 bits per heavy atom. The first kappa shape index (κ1) is 11.7. The van der Waals surface area contributed by atoms with Crippen LogP contribution in [0.5, 0.6) is 0 Å². The van der Waals surface area contributed by atoms with Gasteiger partial charge < -0.3 is 4.42 Å². The third kappa shape index (κ3) is 2.34. The summed E-state index contributed by atoms with van der Waals surface area (Å²) in [5, 5.41) is 9.66. The van der Waals surface area contributed by atoms with E-state index < -0.39 is 0 Å². The van der Waals surface area contributed by atoms with E-state index in [2.05, 4.69) is 11.1 Å². The van der Waals surface area contributed by atoms with Crippen LogP contribution in [0.15, 0.2) is 32.7 Å². The molecule has 86 valence electrons. The minimum absolute atomic E-state index is 0.589. The Morgan fingerprint density at radius 1 is 1.29 bits per heavy atom. The smallest absolute Gasteiger partial charge is 0.261 e. The number of hydrogen-bond donors (Lipinski definition) is 0. The van der Waals surface area contributed by atoms with Crippen molar-refractivity contribution >= 4 is 11.8 Å². The molecule has 0 unspecified atom stereocenters. The monoisotopic (exact) mass is 244 g/mol. The average Bonchev–Trinajstić information content (AvgIpc) is 2.61. The van der Waals surface area contributed by atoms with E-state index in [0.29, 0.717) is 10.8 Å². The molecule has 0 saturated heterocycles. The van der Waals surface area contributed by atoms with Crippen molar-refractivity contribution < 1.29 is 4.42 Å². The predicted molar refractivity (Wildman–Crippen MR) is 66.0 cm³/mol. The molecule has 0 bridgehead atoms. The molecule has 4 heteroatoms.